The van der Waals surface area contributed by atoms with Gasteiger partial charge in [-0.15, -0.1) is 0 Å². The first-order chi connectivity index (χ1) is 11.3. The quantitative estimate of drug-likeness (QED) is 0.484. The molecule has 0 aliphatic heterocycles. The number of rotatable bonds is 1. The summed E-state index contributed by atoms with van der Waals surface area (Å²) >= 11 is 0. The Kier molecular flexibility index (Phi) is 5.13. The molecule has 1 amide bonds. The third kappa shape index (κ3) is 3.07. The number of carboxylic acid groups (broad SMARTS) is 1. The molecule has 24 heavy (non-hydrogen) atoms. The topological polar surface area (TPSA) is 144 Å². The van der Waals surface area contributed by atoms with Crippen LogP contribution >= 0.6 is 0 Å². The SMILES string of the molecule is CNC(=O)O.O=C1C=CC(=O)c2c1cc(CO)c1c2CC(O)C1O. The molecule has 0 spiro atoms. The molecule has 8 heteroatoms. The summed E-state index contributed by atoms with van der Waals surface area (Å²) in [4.78, 5) is 33.0. The van der Waals surface area contributed by atoms with Gasteiger partial charge in [-0.3, -0.25) is 9.59 Å². The fraction of sp³-hybridized carbons (Fsp3) is 0.312. The molecule has 0 saturated carbocycles. The largest absolute Gasteiger partial charge is 0.465 e. The van der Waals surface area contributed by atoms with Crippen LogP contribution < -0.4 is 5.32 Å². The van der Waals surface area contributed by atoms with Crippen LogP contribution in [0.5, 0.6) is 0 Å². The van der Waals surface area contributed by atoms with E-state index in [1.54, 1.807) is 0 Å². The number of aliphatic hydroxyl groups excluding tert-OH is 3. The van der Waals surface area contributed by atoms with Crippen molar-refractivity contribution in [3.63, 3.8) is 0 Å². The molecule has 8 nitrogen and oxygen atoms in total. The Bertz CT molecular complexity index is 738. The minimum absolute atomic E-state index is 0.111. The van der Waals surface area contributed by atoms with Gasteiger partial charge in [-0.2, -0.15) is 0 Å². The highest BCUT2D eigenvalue weighted by atomic mass is 16.4. The van der Waals surface area contributed by atoms with Crippen LogP contribution in [-0.4, -0.2) is 51.2 Å². The molecule has 1 aromatic carbocycles. The average Bonchev–Trinajstić information content (AvgIpc) is 2.86. The fourth-order valence-corrected chi connectivity index (χ4v) is 2.84. The van der Waals surface area contributed by atoms with Gasteiger partial charge in [-0.1, -0.05) is 0 Å². The molecule has 0 heterocycles. The number of hydrogen-bond donors (Lipinski definition) is 5. The molecule has 2 aliphatic carbocycles. The van der Waals surface area contributed by atoms with Crippen molar-refractivity contribution < 1.29 is 34.8 Å². The Hall–Kier alpha value is -2.55. The van der Waals surface area contributed by atoms with Gasteiger partial charge in [0.2, 0.25) is 0 Å². The maximum Gasteiger partial charge on any atom is 0.404 e. The Labute approximate surface area is 137 Å². The van der Waals surface area contributed by atoms with Crippen molar-refractivity contribution in [1.29, 1.82) is 0 Å². The summed E-state index contributed by atoms with van der Waals surface area (Å²) in [5.74, 6) is -0.611. The van der Waals surface area contributed by atoms with Crippen molar-refractivity contribution in [3.05, 3.63) is 46.0 Å². The predicted octanol–water partition coefficient (Wildman–Crippen LogP) is -0.0517. The zero-order valence-electron chi connectivity index (χ0n) is 12.8. The lowest BCUT2D eigenvalue weighted by molar-refractivity contribution is 0.0317. The smallest absolute Gasteiger partial charge is 0.404 e. The second-order valence-corrected chi connectivity index (χ2v) is 5.34. The number of fused-ring (bicyclic) bond motifs is 3. The van der Waals surface area contributed by atoms with Crippen LogP contribution in [0, 0.1) is 0 Å². The van der Waals surface area contributed by atoms with Gasteiger partial charge >= 0.3 is 6.09 Å². The molecule has 2 atom stereocenters. The second-order valence-electron chi connectivity index (χ2n) is 5.34. The van der Waals surface area contributed by atoms with Crippen molar-refractivity contribution in [2.45, 2.75) is 25.2 Å². The van der Waals surface area contributed by atoms with Crippen molar-refractivity contribution in [2.75, 3.05) is 7.05 Å². The average molecular weight is 335 g/mol. The fourth-order valence-electron chi connectivity index (χ4n) is 2.84. The Morgan fingerprint density at radius 2 is 1.83 bits per heavy atom. The van der Waals surface area contributed by atoms with Crippen molar-refractivity contribution in [3.8, 4) is 0 Å². The zero-order chi connectivity index (χ0) is 18.0. The summed E-state index contributed by atoms with van der Waals surface area (Å²) < 4.78 is 0. The molecule has 128 valence electrons. The van der Waals surface area contributed by atoms with E-state index in [2.05, 4.69) is 0 Å². The minimum Gasteiger partial charge on any atom is -0.465 e. The second kappa shape index (κ2) is 6.91. The molecule has 3 rings (SSSR count). The van der Waals surface area contributed by atoms with E-state index in [1.165, 1.54) is 25.3 Å². The van der Waals surface area contributed by atoms with E-state index >= 15 is 0 Å². The third-order valence-electron chi connectivity index (χ3n) is 3.92. The Morgan fingerprint density at radius 1 is 1.25 bits per heavy atom. The van der Waals surface area contributed by atoms with Crippen LogP contribution in [0.4, 0.5) is 4.79 Å². The highest BCUT2D eigenvalue weighted by molar-refractivity contribution is 6.23. The number of nitrogens with one attached hydrogen (secondary N) is 1. The number of hydrogen-bond acceptors (Lipinski definition) is 6. The van der Waals surface area contributed by atoms with E-state index in [4.69, 9.17) is 5.11 Å². The van der Waals surface area contributed by atoms with Crippen LogP contribution in [0.3, 0.4) is 0 Å². The van der Waals surface area contributed by atoms with Crippen molar-refractivity contribution >= 4 is 17.7 Å². The molecular formula is C16H17NO7. The molecule has 2 unspecified atom stereocenters. The minimum atomic E-state index is -1.13. The Morgan fingerprint density at radius 3 is 2.38 bits per heavy atom. The normalized spacial score (nSPS) is 20.8. The highest BCUT2D eigenvalue weighted by Crippen LogP contribution is 2.39. The van der Waals surface area contributed by atoms with E-state index in [1.807, 2.05) is 5.32 Å². The van der Waals surface area contributed by atoms with E-state index in [0.717, 1.165) is 0 Å². The van der Waals surface area contributed by atoms with Gasteiger partial charge in [0.15, 0.2) is 11.6 Å². The van der Waals surface area contributed by atoms with Gasteiger partial charge in [-0.25, -0.2) is 4.79 Å². The summed E-state index contributed by atoms with van der Waals surface area (Å²) in [6.45, 7) is -0.357. The van der Waals surface area contributed by atoms with Crippen molar-refractivity contribution in [1.82, 2.24) is 5.32 Å². The molecule has 0 fully saturated rings. The predicted molar refractivity (Wildman–Crippen MR) is 81.9 cm³/mol. The summed E-state index contributed by atoms with van der Waals surface area (Å²) in [6.07, 6.45) is -0.637. The van der Waals surface area contributed by atoms with Crippen LogP contribution in [0.15, 0.2) is 18.2 Å². The lowest BCUT2D eigenvalue weighted by Gasteiger charge is -2.17. The van der Waals surface area contributed by atoms with Gasteiger partial charge in [-0.05, 0) is 34.9 Å². The molecule has 0 bridgehead atoms. The third-order valence-corrected chi connectivity index (χ3v) is 3.92. The summed E-state index contributed by atoms with van der Waals surface area (Å²) in [6, 6.07) is 1.43. The number of aliphatic hydroxyl groups is 3. The highest BCUT2D eigenvalue weighted by Gasteiger charge is 2.37. The lowest BCUT2D eigenvalue weighted by atomic mass is 9.86. The van der Waals surface area contributed by atoms with Crippen LogP contribution in [-0.2, 0) is 13.0 Å². The van der Waals surface area contributed by atoms with Crippen LogP contribution in [0.2, 0.25) is 0 Å². The van der Waals surface area contributed by atoms with Gasteiger partial charge in [0.1, 0.15) is 6.10 Å². The van der Waals surface area contributed by atoms with Gasteiger partial charge in [0.25, 0.3) is 0 Å². The maximum atomic E-state index is 11.9. The van der Waals surface area contributed by atoms with Crippen LogP contribution in [0.1, 0.15) is 43.5 Å². The van der Waals surface area contributed by atoms with Gasteiger partial charge in [0.05, 0.1) is 12.7 Å². The number of benzene rings is 1. The number of carbonyl (C=O) groups is 3. The number of ketones is 2. The molecule has 2 aliphatic rings. The Balaban J connectivity index is 0.000000368. The maximum absolute atomic E-state index is 11.9. The summed E-state index contributed by atoms with van der Waals surface area (Å²) in [5.41, 5.74) is 1.72. The van der Waals surface area contributed by atoms with E-state index < -0.39 is 18.3 Å². The molecule has 1 aromatic rings. The van der Waals surface area contributed by atoms with Gasteiger partial charge in [0, 0.05) is 24.6 Å². The first-order valence-electron chi connectivity index (χ1n) is 7.14. The lowest BCUT2D eigenvalue weighted by Crippen LogP contribution is -2.16. The number of amides is 1. The van der Waals surface area contributed by atoms with E-state index in [-0.39, 0.29) is 35.7 Å². The van der Waals surface area contributed by atoms with E-state index in [9.17, 15) is 29.7 Å². The molecule has 0 aromatic heterocycles. The van der Waals surface area contributed by atoms with Crippen LogP contribution in [0.25, 0.3) is 0 Å². The number of allylic oxidation sites excluding steroid dienone is 2. The first-order valence-corrected chi connectivity index (χ1v) is 7.14. The molecule has 0 saturated heterocycles. The molecule has 5 N–H and O–H groups in total. The number of carbonyl (C=O) groups excluding carboxylic acids is 2. The van der Waals surface area contributed by atoms with Crippen molar-refractivity contribution in [2.24, 2.45) is 0 Å². The monoisotopic (exact) mass is 335 g/mol. The molecular weight excluding hydrogens is 318 g/mol. The molecule has 0 radical (unpaired) electrons. The zero-order valence-corrected chi connectivity index (χ0v) is 12.8. The summed E-state index contributed by atoms with van der Waals surface area (Å²) in [5, 5.41) is 38.6. The van der Waals surface area contributed by atoms with E-state index in [0.29, 0.717) is 16.7 Å². The summed E-state index contributed by atoms with van der Waals surface area (Å²) in [7, 11) is 1.35. The first kappa shape index (κ1) is 17.8. The van der Waals surface area contributed by atoms with Gasteiger partial charge < -0.3 is 25.7 Å². The standard InChI is InChI=1S/C14H12O5.C2H5NO2/c15-5-6-3-7-9(16)1-2-10(17)13(7)8-4-11(18)14(19)12(6)8;1-3-2(4)5/h1-3,11,14-15,18-19H,4-5H2;3H,1H3,(H,4,5).